The smallest absolute Gasteiger partial charge is 0.228 e. The molecule has 0 fully saturated rings. The number of amides is 1. The second kappa shape index (κ2) is 7.55. The Balaban J connectivity index is 1.94. The molecule has 0 heterocycles. The zero-order valence-corrected chi connectivity index (χ0v) is 12.0. The third kappa shape index (κ3) is 5.00. The number of hydrogen-bond donors (Lipinski definition) is 2. The SMILES string of the molecule is CCNCc1cccc(NC(=O)Cc2ccc(F)cc2)c1. The molecular weight excluding hydrogens is 267 g/mol. The van der Waals surface area contributed by atoms with Gasteiger partial charge in [-0.25, -0.2) is 4.39 Å². The van der Waals surface area contributed by atoms with E-state index in [0.29, 0.717) is 0 Å². The number of anilines is 1. The lowest BCUT2D eigenvalue weighted by atomic mass is 10.1. The summed E-state index contributed by atoms with van der Waals surface area (Å²) in [4.78, 5) is 12.0. The monoisotopic (exact) mass is 286 g/mol. The van der Waals surface area contributed by atoms with Crippen molar-refractivity contribution >= 4 is 11.6 Å². The zero-order valence-electron chi connectivity index (χ0n) is 12.0. The first-order valence-electron chi connectivity index (χ1n) is 7.01. The quantitative estimate of drug-likeness (QED) is 0.856. The first-order valence-corrected chi connectivity index (χ1v) is 7.01. The van der Waals surface area contributed by atoms with Gasteiger partial charge in [0.15, 0.2) is 0 Å². The van der Waals surface area contributed by atoms with Crippen LogP contribution in [0.15, 0.2) is 48.5 Å². The number of carbonyl (C=O) groups excluding carboxylic acids is 1. The Labute approximate surface area is 124 Å². The number of rotatable bonds is 6. The number of nitrogens with one attached hydrogen (secondary N) is 2. The van der Waals surface area contributed by atoms with Gasteiger partial charge in [0.1, 0.15) is 5.82 Å². The molecule has 2 rings (SSSR count). The maximum absolute atomic E-state index is 12.8. The van der Waals surface area contributed by atoms with Crippen molar-refractivity contribution in [3.05, 3.63) is 65.5 Å². The lowest BCUT2D eigenvalue weighted by Gasteiger charge is -2.08. The average molecular weight is 286 g/mol. The van der Waals surface area contributed by atoms with Gasteiger partial charge in [-0.3, -0.25) is 4.79 Å². The summed E-state index contributed by atoms with van der Waals surface area (Å²) in [5.74, 6) is -0.405. The third-order valence-electron chi connectivity index (χ3n) is 3.07. The number of benzene rings is 2. The predicted octanol–water partition coefficient (Wildman–Crippen LogP) is 3.12. The van der Waals surface area contributed by atoms with Crippen LogP contribution in [0.5, 0.6) is 0 Å². The molecule has 3 nitrogen and oxygen atoms in total. The van der Waals surface area contributed by atoms with Crippen molar-refractivity contribution < 1.29 is 9.18 Å². The topological polar surface area (TPSA) is 41.1 Å². The molecule has 110 valence electrons. The molecule has 4 heteroatoms. The third-order valence-corrected chi connectivity index (χ3v) is 3.07. The van der Waals surface area contributed by atoms with Gasteiger partial charge in [0.05, 0.1) is 6.42 Å². The highest BCUT2D eigenvalue weighted by Gasteiger charge is 2.05. The van der Waals surface area contributed by atoms with Gasteiger partial charge in [0, 0.05) is 12.2 Å². The van der Waals surface area contributed by atoms with Crippen molar-refractivity contribution in [2.75, 3.05) is 11.9 Å². The lowest BCUT2D eigenvalue weighted by Crippen LogP contribution is -2.15. The van der Waals surface area contributed by atoms with Gasteiger partial charge in [-0.15, -0.1) is 0 Å². The van der Waals surface area contributed by atoms with Gasteiger partial charge in [-0.1, -0.05) is 31.2 Å². The minimum Gasteiger partial charge on any atom is -0.326 e. The Kier molecular flexibility index (Phi) is 5.46. The maximum Gasteiger partial charge on any atom is 0.228 e. The minimum atomic E-state index is -0.296. The molecule has 0 bridgehead atoms. The van der Waals surface area contributed by atoms with Gasteiger partial charge >= 0.3 is 0 Å². The van der Waals surface area contributed by atoms with E-state index in [2.05, 4.69) is 10.6 Å². The van der Waals surface area contributed by atoms with Gasteiger partial charge in [0.2, 0.25) is 5.91 Å². The molecular formula is C17H19FN2O. The van der Waals surface area contributed by atoms with Crippen molar-refractivity contribution in [2.45, 2.75) is 19.9 Å². The molecule has 0 aliphatic heterocycles. The molecule has 0 saturated carbocycles. The Morgan fingerprint density at radius 3 is 2.57 bits per heavy atom. The molecule has 0 aromatic heterocycles. The molecule has 0 radical (unpaired) electrons. The molecule has 0 unspecified atom stereocenters. The van der Waals surface area contributed by atoms with Crippen molar-refractivity contribution in [3.8, 4) is 0 Å². The van der Waals surface area contributed by atoms with Crippen LogP contribution in [-0.4, -0.2) is 12.5 Å². The van der Waals surface area contributed by atoms with Crippen LogP contribution in [0.2, 0.25) is 0 Å². The first-order chi connectivity index (χ1) is 10.2. The Morgan fingerprint density at radius 1 is 1.10 bits per heavy atom. The number of halogens is 1. The summed E-state index contributed by atoms with van der Waals surface area (Å²) in [5.41, 5.74) is 2.69. The summed E-state index contributed by atoms with van der Waals surface area (Å²) in [7, 11) is 0. The van der Waals surface area contributed by atoms with Crippen LogP contribution in [0, 0.1) is 5.82 Å². The van der Waals surface area contributed by atoms with Crippen LogP contribution in [0.1, 0.15) is 18.1 Å². The van der Waals surface area contributed by atoms with E-state index in [-0.39, 0.29) is 18.1 Å². The van der Waals surface area contributed by atoms with Gasteiger partial charge < -0.3 is 10.6 Å². The molecule has 0 aliphatic rings. The first kappa shape index (κ1) is 15.2. The van der Waals surface area contributed by atoms with Crippen LogP contribution >= 0.6 is 0 Å². The summed E-state index contributed by atoms with van der Waals surface area (Å²) in [5, 5.41) is 6.10. The Hall–Kier alpha value is -2.20. The largest absolute Gasteiger partial charge is 0.326 e. The molecule has 1 amide bonds. The van der Waals surface area contributed by atoms with Gasteiger partial charge in [-0.2, -0.15) is 0 Å². The summed E-state index contributed by atoms with van der Waals surface area (Å²) in [6.45, 7) is 3.73. The number of carbonyl (C=O) groups is 1. The molecule has 0 atom stereocenters. The van der Waals surface area contributed by atoms with Gasteiger partial charge in [-0.05, 0) is 41.9 Å². The second-order valence-electron chi connectivity index (χ2n) is 4.83. The van der Waals surface area contributed by atoms with Crippen molar-refractivity contribution in [1.82, 2.24) is 5.32 Å². The van der Waals surface area contributed by atoms with E-state index in [4.69, 9.17) is 0 Å². The van der Waals surface area contributed by atoms with E-state index in [1.165, 1.54) is 12.1 Å². The molecule has 0 aliphatic carbocycles. The van der Waals surface area contributed by atoms with E-state index in [1.807, 2.05) is 31.2 Å². The second-order valence-corrected chi connectivity index (χ2v) is 4.83. The van der Waals surface area contributed by atoms with Crippen LogP contribution in [0.25, 0.3) is 0 Å². The van der Waals surface area contributed by atoms with Crippen LogP contribution < -0.4 is 10.6 Å². The molecule has 0 saturated heterocycles. The van der Waals surface area contributed by atoms with E-state index in [1.54, 1.807) is 12.1 Å². The molecule has 21 heavy (non-hydrogen) atoms. The van der Waals surface area contributed by atoms with E-state index < -0.39 is 0 Å². The molecule has 2 aromatic carbocycles. The van der Waals surface area contributed by atoms with Crippen molar-refractivity contribution in [2.24, 2.45) is 0 Å². The number of hydrogen-bond acceptors (Lipinski definition) is 2. The normalized spacial score (nSPS) is 10.4. The summed E-state index contributed by atoms with van der Waals surface area (Å²) in [6.07, 6.45) is 0.234. The summed E-state index contributed by atoms with van der Waals surface area (Å²) in [6, 6.07) is 13.7. The molecule has 2 N–H and O–H groups in total. The molecule has 2 aromatic rings. The van der Waals surface area contributed by atoms with E-state index >= 15 is 0 Å². The predicted molar refractivity (Wildman–Crippen MR) is 82.6 cm³/mol. The highest BCUT2D eigenvalue weighted by molar-refractivity contribution is 5.92. The zero-order chi connectivity index (χ0) is 15.1. The van der Waals surface area contributed by atoms with E-state index in [9.17, 15) is 9.18 Å². The van der Waals surface area contributed by atoms with Crippen LogP contribution in [0.3, 0.4) is 0 Å². The Bertz CT molecular complexity index is 596. The van der Waals surface area contributed by atoms with Crippen molar-refractivity contribution in [3.63, 3.8) is 0 Å². The highest BCUT2D eigenvalue weighted by Crippen LogP contribution is 2.12. The summed E-state index contributed by atoms with van der Waals surface area (Å²) < 4.78 is 12.8. The van der Waals surface area contributed by atoms with Crippen molar-refractivity contribution in [1.29, 1.82) is 0 Å². The fraction of sp³-hybridized carbons (Fsp3) is 0.235. The fourth-order valence-corrected chi connectivity index (χ4v) is 2.02. The summed E-state index contributed by atoms with van der Waals surface area (Å²) >= 11 is 0. The van der Waals surface area contributed by atoms with Crippen LogP contribution in [0.4, 0.5) is 10.1 Å². The minimum absolute atomic E-state index is 0.109. The van der Waals surface area contributed by atoms with E-state index in [0.717, 1.165) is 29.9 Å². The lowest BCUT2D eigenvalue weighted by molar-refractivity contribution is -0.115. The highest BCUT2D eigenvalue weighted by atomic mass is 19.1. The fourth-order valence-electron chi connectivity index (χ4n) is 2.02. The average Bonchev–Trinajstić information content (AvgIpc) is 2.48. The standard InChI is InChI=1S/C17H19FN2O/c1-2-19-12-14-4-3-5-16(10-14)20-17(21)11-13-6-8-15(18)9-7-13/h3-10,19H,2,11-12H2,1H3,(H,20,21). The Morgan fingerprint density at radius 2 is 1.86 bits per heavy atom. The van der Waals surface area contributed by atoms with Gasteiger partial charge in [0.25, 0.3) is 0 Å². The van der Waals surface area contributed by atoms with Crippen LogP contribution in [-0.2, 0) is 17.8 Å². The maximum atomic E-state index is 12.8. The molecule has 0 spiro atoms.